The van der Waals surface area contributed by atoms with Crippen molar-refractivity contribution >= 4 is 56.6 Å². The summed E-state index contributed by atoms with van der Waals surface area (Å²) < 4.78 is 54.5. The molecule has 0 saturated carbocycles. The van der Waals surface area contributed by atoms with E-state index in [0.717, 1.165) is 11.1 Å². The smallest absolute Gasteiger partial charge is 0.347 e. The maximum atomic E-state index is 13.8. The molecule has 384 valence electrons. The minimum Gasteiger partial charge on any atom is -0.483 e. The maximum Gasteiger partial charge on any atom is 0.347 e. The number of para-hydroxylation sites is 2. The number of esters is 3. The quantitative estimate of drug-likeness (QED) is 0.0846. The van der Waals surface area contributed by atoms with Gasteiger partial charge in [0.2, 0.25) is 5.24 Å². The second-order valence-corrected chi connectivity index (χ2v) is 17.9. The minimum atomic E-state index is -0.759. The summed E-state index contributed by atoms with van der Waals surface area (Å²) in [6.45, 7) is 7.44. The van der Waals surface area contributed by atoms with Gasteiger partial charge >= 0.3 is 17.9 Å². The van der Waals surface area contributed by atoms with Gasteiger partial charge in [-0.2, -0.15) is 0 Å². The van der Waals surface area contributed by atoms with Gasteiger partial charge in [0.25, 0.3) is 11.1 Å². The highest BCUT2D eigenvalue weighted by Crippen LogP contribution is 2.37. The zero-order chi connectivity index (χ0) is 51.8. The van der Waals surface area contributed by atoms with Gasteiger partial charge in [0.05, 0.1) is 63.8 Å². The number of carbonyl (C=O) groups is 4. The number of aliphatic hydroxyl groups is 1. The molecule has 19 heteroatoms. The second-order valence-electron chi connectivity index (χ2n) is 17.3. The van der Waals surface area contributed by atoms with Crippen molar-refractivity contribution in [1.29, 1.82) is 0 Å². The SMILES string of the molecule is CC(=O)Cl.CCOC(=O)c1c(OC2CO[C@@H]3[C@@H](OC(C)=O)CO[C@H]23)c2ccccc2n(Cc2ccccc2)c1=O.CCOC(=O)c1c(OC2CO[C@H]3[C@@H]2OC[C@@H]3O)c2ccccc2n(Cc2ccccc2)c1=O. The number of aromatic nitrogens is 2. The van der Waals surface area contributed by atoms with E-state index in [1.807, 2.05) is 103 Å². The highest BCUT2D eigenvalue weighted by atomic mass is 35.5. The number of rotatable bonds is 13. The van der Waals surface area contributed by atoms with Crippen LogP contribution in [0.2, 0.25) is 0 Å². The minimum absolute atomic E-state index is 0.105. The van der Waals surface area contributed by atoms with Crippen molar-refractivity contribution in [3.8, 4) is 11.5 Å². The number of halogens is 1. The molecule has 2 unspecified atom stereocenters. The number of pyridine rings is 2. The number of hydrogen-bond acceptors (Lipinski definition) is 16. The number of aliphatic hydroxyl groups excluding tert-OH is 1. The predicted octanol–water partition coefficient (Wildman–Crippen LogP) is 5.61. The highest BCUT2D eigenvalue weighted by Gasteiger charge is 2.51. The predicted molar refractivity (Wildman–Crippen MR) is 265 cm³/mol. The summed E-state index contributed by atoms with van der Waals surface area (Å²) in [6, 6.07) is 33.7. The van der Waals surface area contributed by atoms with Crippen LogP contribution in [0.3, 0.4) is 0 Å². The molecule has 0 bridgehead atoms. The van der Waals surface area contributed by atoms with Crippen LogP contribution < -0.4 is 20.6 Å². The molecule has 18 nitrogen and oxygen atoms in total. The molecule has 1 N–H and O–H groups in total. The summed E-state index contributed by atoms with van der Waals surface area (Å²) in [5.41, 5.74) is 1.76. The van der Waals surface area contributed by atoms with Gasteiger partial charge in [-0.25, -0.2) is 9.59 Å². The fourth-order valence-corrected chi connectivity index (χ4v) is 9.30. The third kappa shape index (κ3) is 11.6. The lowest BCUT2D eigenvalue weighted by molar-refractivity contribution is -0.151. The first-order chi connectivity index (χ1) is 35.3. The summed E-state index contributed by atoms with van der Waals surface area (Å²) in [5, 5.41) is 10.9. The van der Waals surface area contributed by atoms with E-state index in [2.05, 4.69) is 11.6 Å². The molecule has 4 saturated heterocycles. The molecule has 73 heavy (non-hydrogen) atoms. The van der Waals surface area contributed by atoms with E-state index in [9.17, 15) is 33.9 Å². The first-order valence-electron chi connectivity index (χ1n) is 23.8. The molecule has 4 aliphatic heterocycles. The van der Waals surface area contributed by atoms with Crippen molar-refractivity contribution in [3.05, 3.63) is 152 Å². The lowest BCUT2D eigenvalue weighted by Gasteiger charge is -2.22. The molecule has 6 aromatic rings. The Balaban J connectivity index is 0.000000182. The maximum absolute atomic E-state index is 13.8. The number of benzene rings is 4. The van der Waals surface area contributed by atoms with Crippen molar-refractivity contribution in [1.82, 2.24) is 9.13 Å². The van der Waals surface area contributed by atoms with Crippen LogP contribution in [0.1, 0.15) is 59.5 Å². The molecule has 0 amide bonds. The van der Waals surface area contributed by atoms with Crippen LogP contribution >= 0.6 is 11.6 Å². The molecule has 0 aliphatic carbocycles. The first kappa shape index (κ1) is 52.4. The largest absolute Gasteiger partial charge is 0.483 e. The second kappa shape index (κ2) is 23.7. The van der Waals surface area contributed by atoms with Crippen LogP contribution in [0.5, 0.6) is 11.5 Å². The summed E-state index contributed by atoms with van der Waals surface area (Å²) >= 11 is 4.64. The van der Waals surface area contributed by atoms with E-state index in [0.29, 0.717) is 28.4 Å². The van der Waals surface area contributed by atoms with E-state index >= 15 is 0 Å². The van der Waals surface area contributed by atoms with Crippen LogP contribution in [0.25, 0.3) is 21.8 Å². The van der Waals surface area contributed by atoms with Crippen LogP contribution in [-0.2, 0) is 55.8 Å². The van der Waals surface area contributed by atoms with Crippen molar-refractivity contribution in [2.75, 3.05) is 39.6 Å². The van der Waals surface area contributed by atoms with Crippen LogP contribution in [-0.4, -0.2) is 126 Å². The number of ether oxygens (including phenoxy) is 9. The Kier molecular flexibility index (Phi) is 17.0. The lowest BCUT2D eigenvalue weighted by Crippen LogP contribution is -2.37. The molecule has 4 aromatic carbocycles. The van der Waals surface area contributed by atoms with Crippen molar-refractivity contribution in [2.24, 2.45) is 0 Å². The Morgan fingerprint density at radius 2 is 0.932 bits per heavy atom. The fourth-order valence-electron chi connectivity index (χ4n) is 9.30. The Morgan fingerprint density at radius 3 is 1.37 bits per heavy atom. The summed E-state index contributed by atoms with van der Waals surface area (Å²) in [5.74, 6) is -1.64. The Labute approximate surface area is 424 Å². The van der Waals surface area contributed by atoms with E-state index in [1.54, 1.807) is 29.0 Å². The molecule has 6 heterocycles. The average Bonchev–Trinajstić information content (AvgIpc) is 4.17. The number of hydrogen-bond donors (Lipinski definition) is 1. The lowest BCUT2D eigenvalue weighted by atomic mass is 10.1. The molecule has 10 rings (SSSR count). The van der Waals surface area contributed by atoms with Gasteiger partial charge in [0.15, 0.2) is 29.4 Å². The molecular weight excluding hydrogens is 968 g/mol. The monoisotopic (exact) mass is 1020 g/mol. The van der Waals surface area contributed by atoms with Gasteiger partial charge in [-0.3, -0.25) is 19.2 Å². The molecule has 2 aromatic heterocycles. The Bertz CT molecular complexity index is 3070. The zero-order valence-corrected chi connectivity index (χ0v) is 41.3. The topological polar surface area (TPSA) is 216 Å². The molecule has 0 radical (unpaired) electrons. The van der Waals surface area contributed by atoms with Crippen molar-refractivity contribution in [3.63, 3.8) is 0 Å². The summed E-state index contributed by atoms with van der Waals surface area (Å²) in [6.07, 6.45) is -4.45. The van der Waals surface area contributed by atoms with Crippen molar-refractivity contribution < 1.29 is 66.9 Å². The normalized spacial score (nSPS) is 22.5. The molecule has 4 fully saturated rings. The van der Waals surface area contributed by atoms with Crippen molar-refractivity contribution in [2.45, 2.75) is 89.6 Å². The van der Waals surface area contributed by atoms with E-state index in [1.165, 1.54) is 13.8 Å². The van der Waals surface area contributed by atoms with Crippen LogP contribution in [0.15, 0.2) is 119 Å². The molecule has 0 spiro atoms. The van der Waals surface area contributed by atoms with E-state index in [-0.39, 0.29) is 74.1 Å². The Morgan fingerprint density at radius 1 is 0.562 bits per heavy atom. The standard InChI is InChI=1S/C27H27NO8.C25H25NO7.C2H3ClO/c1-3-32-27(31)22-23(36-21-15-34-24-20(35-16(2)29)14-33-25(21)24)18-11-7-8-12-19(18)28(26(22)30)13-17-9-5-4-6-10-17;1-2-30-25(29)20-21(33-19-14-32-22-18(27)13-31-23(19)22)16-10-6-7-11-17(16)26(24(20)28)12-15-8-4-3-5-9-15;1-2(3)4/h4-12,20-21,24-25H,3,13-15H2,1-2H3;3-11,18-19,22-23,27H,2,12-14H2,1H3;1H3/t20-,21?,24+,25+;18-,19?,22+,23+;/m00./s1. The number of carbonyl (C=O) groups excluding carboxylic acids is 4. The van der Waals surface area contributed by atoms with E-state index in [4.69, 9.17) is 42.6 Å². The number of fused-ring (bicyclic) bond motifs is 4. The van der Waals surface area contributed by atoms with Gasteiger partial charge in [-0.1, -0.05) is 84.9 Å². The van der Waals surface area contributed by atoms with Crippen LogP contribution in [0.4, 0.5) is 0 Å². The van der Waals surface area contributed by atoms with Gasteiger partial charge in [-0.05, 0) is 60.8 Å². The first-order valence-corrected chi connectivity index (χ1v) is 24.2. The highest BCUT2D eigenvalue weighted by molar-refractivity contribution is 6.62. The Hall–Kier alpha value is -6.93. The molecule has 8 atom stereocenters. The molecular formula is C54H55ClN2O16. The third-order valence-corrected chi connectivity index (χ3v) is 12.4. The average molecular weight is 1020 g/mol. The van der Waals surface area contributed by atoms with Gasteiger partial charge < -0.3 is 56.9 Å². The molecule has 4 aliphatic rings. The van der Waals surface area contributed by atoms with Crippen LogP contribution in [0, 0.1) is 0 Å². The fraction of sp³-hybridized carbons (Fsp3) is 0.370. The van der Waals surface area contributed by atoms with Gasteiger partial charge in [-0.15, -0.1) is 0 Å². The summed E-state index contributed by atoms with van der Waals surface area (Å²) in [7, 11) is 0. The zero-order valence-electron chi connectivity index (χ0n) is 40.5. The van der Waals surface area contributed by atoms with Gasteiger partial charge in [0, 0.05) is 24.6 Å². The van der Waals surface area contributed by atoms with E-state index < -0.39 is 77.9 Å². The summed E-state index contributed by atoms with van der Waals surface area (Å²) in [4.78, 5) is 74.1. The van der Waals surface area contributed by atoms with Gasteiger partial charge in [0.1, 0.15) is 42.0 Å². The number of nitrogens with zero attached hydrogens (tertiary/aromatic N) is 2. The third-order valence-electron chi connectivity index (χ3n) is 12.4.